The molecule has 0 aromatic heterocycles. The molecule has 14 heteroatoms. The van der Waals surface area contributed by atoms with Crippen molar-refractivity contribution >= 4 is 29.7 Å². The molecule has 0 spiro atoms. The number of benzene rings is 1. The minimum Gasteiger partial charge on any atom is -0.508 e. The molecule has 0 fully saturated rings. The Bertz CT molecular complexity index is 935. The number of carbonyl (C=O) groups is 5. The standard InChI is InChI=1S/C22H32N4O10/c1-10(27)17(21(34)26-18(11(2)28)22(35)36)25-20(33)15(7-8-16(30)31)24-19(32)14(23)9-12-3-5-13(29)6-4-12/h3-6,10-11,14-15,17-18,27-29H,7-9,23H2,1-2H3,(H,24,32)(H,25,33)(H,26,34)(H,30,31)(H,35,36). The third-order valence-electron chi connectivity index (χ3n) is 5.12. The van der Waals surface area contributed by atoms with Crippen molar-refractivity contribution in [3.05, 3.63) is 29.8 Å². The first-order valence-corrected chi connectivity index (χ1v) is 11.0. The molecular formula is C22H32N4O10. The summed E-state index contributed by atoms with van der Waals surface area (Å²) in [5, 5.41) is 53.5. The molecule has 1 rings (SSSR count). The van der Waals surface area contributed by atoms with Crippen LogP contribution in [-0.2, 0) is 30.4 Å². The van der Waals surface area contributed by atoms with Gasteiger partial charge < -0.3 is 47.2 Å². The number of phenolic OH excluding ortho intramolecular Hbond substituents is 1. The summed E-state index contributed by atoms with van der Waals surface area (Å²) in [7, 11) is 0. The molecule has 10 N–H and O–H groups in total. The van der Waals surface area contributed by atoms with Crippen molar-refractivity contribution in [2.24, 2.45) is 5.73 Å². The first-order valence-electron chi connectivity index (χ1n) is 11.0. The van der Waals surface area contributed by atoms with E-state index in [2.05, 4.69) is 10.6 Å². The number of carboxylic acids is 2. The molecule has 0 bridgehead atoms. The highest BCUT2D eigenvalue weighted by molar-refractivity contribution is 5.94. The van der Waals surface area contributed by atoms with Crippen LogP contribution in [0.25, 0.3) is 0 Å². The van der Waals surface area contributed by atoms with Gasteiger partial charge in [-0.05, 0) is 44.4 Å². The number of aromatic hydroxyl groups is 1. The Hall–Kier alpha value is -3.75. The molecule has 0 radical (unpaired) electrons. The Morgan fingerprint density at radius 3 is 1.83 bits per heavy atom. The van der Waals surface area contributed by atoms with Crippen LogP contribution in [0.4, 0.5) is 0 Å². The second-order valence-corrected chi connectivity index (χ2v) is 8.26. The lowest BCUT2D eigenvalue weighted by Crippen LogP contribution is -2.61. The van der Waals surface area contributed by atoms with Gasteiger partial charge in [0, 0.05) is 6.42 Å². The summed E-state index contributed by atoms with van der Waals surface area (Å²) < 4.78 is 0. The van der Waals surface area contributed by atoms with Crippen molar-refractivity contribution in [3.63, 3.8) is 0 Å². The number of amides is 3. The SMILES string of the molecule is CC(O)C(NC(=O)C(NC(=O)C(CCC(=O)O)NC(=O)C(N)Cc1ccc(O)cc1)C(C)O)C(=O)O. The van der Waals surface area contributed by atoms with E-state index in [1.54, 1.807) is 12.1 Å². The van der Waals surface area contributed by atoms with Crippen molar-refractivity contribution < 1.29 is 49.5 Å². The average molecular weight is 513 g/mol. The fourth-order valence-corrected chi connectivity index (χ4v) is 3.08. The van der Waals surface area contributed by atoms with Crippen LogP contribution in [0.15, 0.2) is 24.3 Å². The van der Waals surface area contributed by atoms with E-state index in [0.29, 0.717) is 5.56 Å². The van der Waals surface area contributed by atoms with E-state index < -0.39 is 72.5 Å². The number of nitrogens with two attached hydrogens (primary N) is 1. The Morgan fingerprint density at radius 2 is 1.36 bits per heavy atom. The monoisotopic (exact) mass is 512 g/mol. The second kappa shape index (κ2) is 14.0. The third-order valence-corrected chi connectivity index (χ3v) is 5.12. The van der Waals surface area contributed by atoms with Crippen LogP contribution in [0.2, 0.25) is 0 Å². The first kappa shape index (κ1) is 30.3. The molecule has 6 atom stereocenters. The van der Waals surface area contributed by atoms with E-state index in [9.17, 15) is 39.3 Å². The molecule has 0 heterocycles. The minimum atomic E-state index is -1.73. The van der Waals surface area contributed by atoms with Crippen LogP contribution in [0.5, 0.6) is 5.75 Å². The van der Waals surface area contributed by atoms with Gasteiger partial charge in [0.25, 0.3) is 0 Å². The molecule has 1 aromatic carbocycles. The van der Waals surface area contributed by atoms with Crippen molar-refractivity contribution in [2.45, 2.75) is 69.5 Å². The fourth-order valence-electron chi connectivity index (χ4n) is 3.08. The maximum Gasteiger partial charge on any atom is 0.328 e. The Balaban J connectivity index is 2.97. The van der Waals surface area contributed by atoms with Crippen molar-refractivity contribution in [3.8, 4) is 5.75 Å². The van der Waals surface area contributed by atoms with Crippen LogP contribution in [0.3, 0.4) is 0 Å². The molecule has 6 unspecified atom stereocenters. The topological polar surface area (TPSA) is 249 Å². The summed E-state index contributed by atoms with van der Waals surface area (Å²) in [5.41, 5.74) is 6.51. The number of hydrogen-bond acceptors (Lipinski definition) is 9. The van der Waals surface area contributed by atoms with Gasteiger partial charge in [0.15, 0.2) is 6.04 Å². The Morgan fingerprint density at radius 1 is 0.833 bits per heavy atom. The zero-order valence-electron chi connectivity index (χ0n) is 19.7. The average Bonchev–Trinajstić information content (AvgIpc) is 2.78. The van der Waals surface area contributed by atoms with Crippen molar-refractivity contribution in [1.82, 2.24) is 16.0 Å². The quantitative estimate of drug-likeness (QED) is 0.125. The van der Waals surface area contributed by atoms with Gasteiger partial charge in [-0.2, -0.15) is 0 Å². The molecular weight excluding hydrogens is 480 g/mol. The molecule has 3 amide bonds. The predicted molar refractivity (Wildman–Crippen MR) is 123 cm³/mol. The van der Waals surface area contributed by atoms with Gasteiger partial charge in [-0.25, -0.2) is 4.79 Å². The number of nitrogens with one attached hydrogen (secondary N) is 3. The smallest absolute Gasteiger partial charge is 0.328 e. The van der Waals surface area contributed by atoms with Gasteiger partial charge in [-0.1, -0.05) is 12.1 Å². The molecule has 36 heavy (non-hydrogen) atoms. The van der Waals surface area contributed by atoms with Gasteiger partial charge >= 0.3 is 11.9 Å². The van der Waals surface area contributed by atoms with Gasteiger partial charge in [-0.15, -0.1) is 0 Å². The second-order valence-electron chi connectivity index (χ2n) is 8.26. The van der Waals surface area contributed by atoms with Crippen LogP contribution < -0.4 is 21.7 Å². The predicted octanol–water partition coefficient (Wildman–Crippen LogP) is -2.57. The summed E-state index contributed by atoms with van der Waals surface area (Å²) in [4.78, 5) is 60.2. The van der Waals surface area contributed by atoms with E-state index in [1.165, 1.54) is 12.1 Å². The molecule has 0 aliphatic rings. The van der Waals surface area contributed by atoms with E-state index in [4.69, 9.17) is 15.9 Å². The van der Waals surface area contributed by atoms with Crippen molar-refractivity contribution in [2.75, 3.05) is 0 Å². The number of aliphatic hydroxyl groups is 2. The third kappa shape index (κ3) is 9.85. The molecule has 0 aliphatic carbocycles. The summed E-state index contributed by atoms with van der Waals surface area (Å²) in [6, 6.07) is -0.133. The zero-order valence-corrected chi connectivity index (χ0v) is 19.7. The lowest BCUT2D eigenvalue weighted by molar-refractivity contribution is -0.146. The van der Waals surface area contributed by atoms with Gasteiger partial charge in [0.05, 0.1) is 18.2 Å². The van der Waals surface area contributed by atoms with Crippen LogP contribution in [0, 0.1) is 0 Å². The van der Waals surface area contributed by atoms with E-state index in [-0.39, 0.29) is 18.6 Å². The minimum absolute atomic E-state index is 0.0157. The van der Waals surface area contributed by atoms with Gasteiger partial charge in [-0.3, -0.25) is 19.2 Å². The van der Waals surface area contributed by atoms with E-state index >= 15 is 0 Å². The van der Waals surface area contributed by atoms with E-state index in [0.717, 1.165) is 13.8 Å². The Kier molecular flexibility index (Phi) is 11.7. The molecule has 1 aromatic rings. The van der Waals surface area contributed by atoms with Crippen LogP contribution in [0.1, 0.15) is 32.3 Å². The van der Waals surface area contributed by atoms with Gasteiger partial charge in [0.1, 0.15) is 17.8 Å². The molecule has 0 saturated heterocycles. The highest BCUT2D eigenvalue weighted by atomic mass is 16.4. The molecule has 200 valence electrons. The van der Waals surface area contributed by atoms with Crippen LogP contribution >= 0.6 is 0 Å². The summed E-state index contributed by atoms with van der Waals surface area (Å²) in [6.45, 7) is 2.26. The number of aliphatic carboxylic acids is 2. The zero-order chi connectivity index (χ0) is 27.6. The highest BCUT2D eigenvalue weighted by Crippen LogP contribution is 2.11. The lowest BCUT2D eigenvalue weighted by Gasteiger charge is -2.27. The maximum atomic E-state index is 12.8. The summed E-state index contributed by atoms with van der Waals surface area (Å²) >= 11 is 0. The van der Waals surface area contributed by atoms with E-state index in [1.807, 2.05) is 5.32 Å². The number of aliphatic hydroxyl groups excluding tert-OH is 2. The highest BCUT2D eigenvalue weighted by Gasteiger charge is 2.34. The van der Waals surface area contributed by atoms with Crippen molar-refractivity contribution in [1.29, 1.82) is 0 Å². The largest absolute Gasteiger partial charge is 0.508 e. The summed E-state index contributed by atoms with van der Waals surface area (Å²) in [6.07, 6.45) is -3.88. The Labute approximate surface area is 206 Å². The number of rotatable bonds is 14. The first-order chi connectivity index (χ1) is 16.7. The van der Waals surface area contributed by atoms with Crippen LogP contribution in [-0.4, -0.2) is 91.6 Å². The maximum absolute atomic E-state index is 12.8. The number of phenols is 1. The normalized spacial score (nSPS) is 15.9. The van der Waals surface area contributed by atoms with Gasteiger partial charge in [0.2, 0.25) is 17.7 Å². The molecule has 14 nitrogen and oxygen atoms in total. The lowest BCUT2D eigenvalue weighted by atomic mass is 10.0. The fraction of sp³-hybridized carbons (Fsp3) is 0.500. The molecule has 0 saturated carbocycles. The number of carbonyl (C=O) groups excluding carboxylic acids is 3. The molecule has 0 aliphatic heterocycles. The number of hydrogen-bond donors (Lipinski definition) is 9. The summed E-state index contributed by atoms with van der Waals surface area (Å²) in [5.74, 6) is -5.75. The number of carboxylic acid groups (broad SMARTS) is 2.